The summed E-state index contributed by atoms with van der Waals surface area (Å²) < 4.78 is 12.2. The molecule has 3 aromatic carbocycles. The van der Waals surface area contributed by atoms with Crippen LogP contribution >= 0.6 is 0 Å². The fourth-order valence-corrected chi connectivity index (χ4v) is 4.02. The Hall–Kier alpha value is -4.40. The summed E-state index contributed by atoms with van der Waals surface area (Å²) in [6.45, 7) is 5.64. The Labute approximate surface area is 216 Å². The van der Waals surface area contributed by atoms with Crippen molar-refractivity contribution in [3.05, 3.63) is 77.9 Å². The van der Waals surface area contributed by atoms with Gasteiger partial charge in [0, 0.05) is 12.6 Å². The Bertz CT molecular complexity index is 1410. The molecule has 0 aliphatic carbocycles. The predicted molar refractivity (Wildman–Crippen MR) is 142 cm³/mol. The fourth-order valence-electron chi connectivity index (χ4n) is 4.02. The molecule has 1 heterocycles. The van der Waals surface area contributed by atoms with E-state index in [1.807, 2.05) is 55.5 Å². The average molecular weight is 502 g/mol. The third-order valence-corrected chi connectivity index (χ3v) is 6.35. The van der Waals surface area contributed by atoms with Gasteiger partial charge in [-0.15, -0.1) is 5.10 Å². The zero-order chi connectivity index (χ0) is 26.6. The van der Waals surface area contributed by atoms with Crippen LogP contribution in [0.5, 0.6) is 11.5 Å². The van der Waals surface area contributed by atoms with E-state index in [9.17, 15) is 9.59 Å². The lowest BCUT2D eigenvalue weighted by Gasteiger charge is -2.37. The van der Waals surface area contributed by atoms with Gasteiger partial charge in [0.05, 0.1) is 25.4 Å². The van der Waals surface area contributed by atoms with Crippen LogP contribution in [0, 0.1) is 6.92 Å². The minimum atomic E-state index is -1.22. The molecular weight excluding hydrogens is 470 g/mol. The van der Waals surface area contributed by atoms with Gasteiger partial charge < -0.3 is 19.7 Å². The van der Waals surface area contributed by atoms with Gasteiger partial charge in [0.2, 0.25) is 11.8 Å². The summed E-state index contributed by atoms with van der Waals surface area (Å²) in [5.41, 5.74) is 2.72. The molecule has 2 amide bonds. The second-order valence-electron chi connectivity index (χ2n) is 9.28. The molecule has 0 fully saturated rings. The van der Waals surface area contributed by atoms with Gasteiger partial charge >= 0.3 is 0 Å². The van der Waals surface area contributed by atoms with E-state index in [1.165, 1.54) is 7.11 Å². The monoisotopic (exact) mass is 501 g/mol. The van der Waals surface area contributed by atoms with E-state index in [0.29, 0.717) is 22.7 Å². The van der Waals surface area contributed by atoms with E-state index >= 15 is 0 Å². The molecule has 37 heavy (non-hydrogen) atoms. The smallest absolute Gasteiger partial charge is 0.249 e. The maximum atomic E-state index is 13.8. The van der Waals surface area contributed by atoms with Crippen molar-refractivity contribution >= 4 is 28.5 Å². The highest BCUT2D eigenvalue weighted by molar-refractivity contribution is 6.01. The van der Waals surface area contributed by atoms with Gasteiger partial charge in [-0.3, -0.25) is 9.59 Å². The van der Waals surface area contributed by atoms with Crippen molar-refractivity contribution in [3.8, 4) is 11.5 Å². The SMILES string of the molecule is COc1ccc(NC(=O)C(C)(C)N(Cc2ccc(C)cc2)C(=O)Cn2nnc3ccccc32)c(OC)c1. The summed E-state index contributed by atoms with van der Waals surface area (Å²) in [5, 5.41) is 11.2. The minimum Gasteiger partial charge on any atom is -0.497 e. The van der Waals surface area contributed by atoms with Crippen LogP contribution in [0.1, 0.15) is 25.0 Å². The lowest BCUT2D eigenvalue weighted by atomic mass is 9.99. The first-order valence-corrected chi connectivity index (χ1v) is 11.9. The third-order valence-electron chi connectivity index (χ3n) is 6.35. The second kappa shape index (κ2) is 10.7. The fraction of sp³-hybridized carbons (Fsp3) is 0.286. The quantitative estimate of drug-likeness (QED) is 0.369. The maximum absolute atomic E-state index is 13.8. The molecule has 1 aromatic heterocycles. The van der Waals surface area contributed by atoms with Crippen LogP contribution in [-0.4, -0.2) is 51.5 Å². The molecule has 192 valence electrons. The molecule has 9 nitrogen and oxygen atoms in total. The topological polar surface area (TPSA) is 98.6 Å². The van der Waals surface area contributed by atoms with Crippen molar-refractivity contribution in [1.82, 2.24) is 19.9 Å². The first-order chi connectivity index (χ1) is 17.7. The van der Waals surface area contributed by atoms with E-state index in [2.05, 4.69) is 15.6 Å². The molecule has 0 spiro atoms. The largest absolute Gasteiger partial charge is 0.497 e. The number of methoxy groups -OCH3 is 2. The molecule has 4 rings (SSSR count). The first kappa shape index (κ1) is 25.7. The number of nitrogens with one attached hydrogen (secondary N) is 1. The summed E-state index contributed by atoms with van der Waals surface area (Å²) in [6.07, 6.45) is 0. The minimum absolute atomic E-state index is 0.0606. The molecule has 0 unspecified atom stereocenters. The Balaban J connectivity index is 1.64. The first-order valence-electron chi connectivity index (χ1n) is 11.9. The highest BCUT2D eigenvalue weighted by Crippen LogP contribution is 2.31. The molecule has 0 saturated carbocycles. The number of hydrogen-bond acceptors (Lipinski definition) is 6. The van der Waals surface area contributed by atoms with Gasteiger partial charge in [0.1, 0.15) is 29.1 Å². The highest BCUT2D eigenvalue weighted by atomic mass is 16.5. The molecule has 1 N–H and O–H groups in total. The number of fused-ring (bicyclic) bond motifs is 1. The third kappa shape index (κ3) is 5.55. The van der Waals surface area contributed by atoms with E-state index in [0.717, 1.165) is 16.6 Å². The van der Waals surface area contributed by atoms with E-state index < -0.39 is 5.54 Å². The van der Waals surface area contributed by atoms with Crippen LogP contribution in [0.2, 0.25) is 0 Å². The molecule has 0 aliphatic rings. The molecule has 9 heteroatoms. The van der Waals surface area contributed by atoms with Gasteiger partial charge in [-0.25, -0.2) is 4.68 Å². The van der Waals surface area contributed by atoms with Gasteiger partial charge in [-0.05, 0) is 50.6 Å². The predicted octanol–water partition coefficient (Wildman–Crippen LogP) is 4.20. The molecule has 0 radical (unpaired) electrons. The Morgan fingerprint density at radius 2 is 1.73 bits per heavy atom. The van der Waals surface area contributed by atoms with Gasteiger partial charge in [0.25, 0.3) is 0 Å². The standard InChI is InChI=1S/C28H31N5O4/c1-19-10-12-20(13-11-19)17-32(26(34)18-33-24-9-7-6-8-22(24)30-31-33)28(2,3)27(35)29-23-15-14-21(36-4)16-25(23)37-5/h6-16H,17-18H2,1-5H3,(H,29,35). The van der Waals surface area contributed by atoms with Crippen LogP contribution in [-0.2, 0) is 22.7 Å². The number of carbonyl (C=O) groups is 2. The molecule has 0 atom stereocenters. The van der Waals surface area contributed by atoms with E-state index in [1.54, 1.807) is 48.7 Å². The van der Waals surface area contributed by atoms with Gasteiger partial charge in [0.15, 0.2) is 0 Å². The summed E-state index contributed by atoms with van der Waals surface area (Å²) in [6, 6.07) is 20.5. The number of benzene rings is 3. The number of aromatic nitrogens is 3. The van der Waals surface area contributed by atoms with Crippen molar-refractivity contribution in [2.75, 3.05) is 19.5 Å². The Morgan fingerprint density at radius 3 is 2.43 bits per heavy atom. The second-order valence-corrected chi connectivity index (χ2v) is 9.28. The Kier molecular flexibility index (Phi) is 7.42. The average Bonchev–Trinajstić information content (AvgIpc) is 3.30. The number of aryl methyl sites for hydroxylation is 1. The van der Waals surface area contributed by atoms with Gasteiger partial charge in [-0.1, -0.05) is 47.2 Å². The maximum Gasteiger partial charge on any atom is 0.249 e. The number of ether oxygens (including phenoxy) is 2. The number of rotatable bonds is 9. The van der Waals surface area contributed by atoms with Crippen molar-refractivity contribution < 1.29 is 19.1 Å². The molecule has 0 saturated heterocycles. The van der Waals surface area contributed by atoms with Crippen LogP contribution in [0.25, 0.3) is 11.0 Å². The van der Waals surface area contributed by atoms with Crippen molar-refractivity contribution in [2.45, 2.75) is 39.4 Å². The molecular formula is C28H31N5O4. The number of amides is 2. The number of nitrogens with zero attached hydrogens (tertiary/aromatic N) is 4. The van der Waals surface area contributed by atoms with E-state index in [-0.39, 0.29) is 24.9 Å². The van der Waals surface area contributed by atoms with Gasteiger partial charge in [-0.2, -0.15) is 0 Å². The van der Waals surface area contributed by atoms with Crippen LogP contribution in [0.4, 0.5) is 5.69 Å². The number of carbonyl (C=O) groups excluding carboxylic acids is 2. The number of anilines is 1. The lowest BCUT2D eigenvalue weighted by molar-refractivity contribution is -0.145. The zero-order valence-electron chi connectivity index (χ0n) is 21.7. The van der Waals surface area contributed by atoms with Crippen LogP contribution in [0.3, 0.4) is 0 Å². The van der Waals surface area contributed by atoms with Crippen LogP contribution in [0.15, 0.2) is 66.7 Å². The summed E-state index contributed by atoms with van der Waals surface area (Å²) >= 11 is 0. The lowest BCUT2D eigenvalue weighted by Crippen LogP contribution is -2.55. The highest BCUT2D eigenvalue weighted by Gasteiger charge is 2.38. The van der Waals surface area contributed by atoms with Crippen molar-refractivity contribution in [1.29, 1.82) is 0 Å². The normalized spacial score (nSPS) is 11.3. The van der Waals surface area contributed by atoms with Crippen molar-refractivity contribution in [2.24, 2.45) is 0 Å². The van der Waals surface area contributed by atoms with Crippen LogP contribution < -0.4 is 14.8 Å². The summed E-state index contributed by atoms with van der Waals surface area (Å²) in [7, 11) is 3.08. The number of para-hydroxylation sites is 1. The van der Waals surface area contributed by atoms with E-state index in [4.69, 9.17) is 9.47 Å². The summed E-state index contributed by atoms with van der Waals surface area (Å²) in [4.78, 5) is 29.0. The molecule has 4 aromatic rings. The molecule has 0 bridgehead atoms. The van der Waals surface area contributed by atoms with Crippen molar-refractivity contribution in [3.63, 3.8) is 0 Å². The molecule has 0 aliphatic heterocycles. The Morgan fingerprint density at radius 1 is 1.00 bits per heavy atom. The number of hydrogen-bond donors (Lipinski definition) is 1. The summed E-state index contributed by atoms with van der Waals surface area (Å²) in [5.74, 6) is 0.428. The zero-order valence-corrected chi connectivity index (χ0v) is 21.7.